The Morgan fingerprint density at radius 2 is 1.22 bits per heavy atom. The van der Waals surface area contributed by atoms with Gasteiger partial charge < -0.3 is 10.5 Å². The van der Waals surface area contributed by atoms with Crippen molar-refractivity contribution in [2.75, 3.05) is 5.75 Å². The molecule has 0 saturated carbocycles. The average molecular weight is 710 g/mol. The molecule has 2 heterocycles. The van der Waals surface area contributed by atoms with Crippen LogP contribution < -0.4 is 11.1 Å². The second kappa shape index (κ2) is 15.3. The summed E-state index contributed by atoms with van der Waals surface area (Å²) in [5.74, 6) is -1.06. The molecule has 0 bridgehead atoms. The van der Waals surface area contributed by atoms with Gasteiger partial charge in [-0.3, -0.25) is 19.8 Å². The summed E-state index contributed by atoms with van der Waals surface area (Å²) in [5.41, 5.74) is 9.20. The highest BCUT2D eigenvalue weighted by Crippen LogP contribution is 2.47. The van der Waals surface area contributed by atoms with Gasteiger partial charge in [0.25, 0.3) is 0 Å². The van der Waals surface area contributed by atoms with Crippen LogP contribution >= 0.6 is 23.5 Å². The van der Waals surface area contributed by atoms with Crippen LogP contribution in [0.4, 0.5) is 0 Å². The predicted molar refractivity (Wildman–Crippen MR) is 203 cm³/mol. The summed E-state index contributed by atoms with van der Waals surface area (Å²) in [6.45, 7) is 0. The van der Waals surface area contributed by atoms with Gasteiger partial charge in [0.05, 0.1) is 5.54 Å². The number of rotatable bonds is 12. The minimum absolute atomic E-state index is 0.169. The van der Waals surface area contributed by atoms with Crippen LogP contribution in [0.15, 0.2) is 174 Å². The zero-order valence-electron chi connectivity index (χ0n) is 27.5. The SMILES string of the molecule is NC(=O)/C=C\SC1=C(C(=O)OC(c2ccccc2)c2ccccc2)N2C(=O)[C@@H](NC(c3ccccc3)(c3ccccc3)c3ccccc3)[C@H]2SC1. The molecule has 0 aliphatic carbocycles. The maximum absolute atomic E-state index is 14.5. The number of nitrogens with one attached hydrogen (secondary N) is 1. The number of esters is 1. The largest absolute Gasteiger partial charge is 0.448 e. The van der Waals surface area contributed by atoms with Crippen molar-refractivity contribution in [3.05, 3.63) is 202 Å². The van der Waals surface area contributed by atoms with E-state index in [1.807, 2.05) is 115 Å². The summed E-state index contributed by atoms with van der Waals surface area (Å²) >= 11 is 2.75. The molecular weight excluding hydrogens is 675 g/mol. The van der Waals surface area contributed by atoms with Crippen LogP contribution in [0.3, 0.4) is 0 Å². The fourth-order valence-corrected chi connectivity index (χ4v) is 8.98. The molecule has 51 heavy (non-hydrogen) atoms. The van der Waals surface area contributed by atoms with Gasteiger partial charge in [-0.05, 0) is 33.2 Å². The van der Waals surface area contributed by atoms with Crippen molar-refractivity contribution in [2.24, 2.45) is 5.73 Å². The lowest BCUT2D eigenvalue weighted by Crippen LogP contribution is -2.72. The molecule has 5 aromatic carbocycles. The van der Waals surface area contributed by atoms with Crippen LogP contribution in [0.5, 0.6) is 0 Å². The molecule has 9 heteroatoms. The Labute approximate surface area is 305 Å². The highest BCUT2D eigenvalue weighted by molar-refractivity contribution is 8.08. The summed E-state index contributed by atoms with van der Waals surface area (Å²) in [4.78, 5) is 42.7. The van der Waals surface area contributed by atoms with E-state index in [9.17, 15) is 14.4 Å². The Morgan fingerprint density at radius 3 is 1.67 bits per heavy atom. The van der Waals surface area contributed by atoms with E-state index in [2.05, 4.69) is 41.7 Å². The van der Waals surface area contributed by atoms with Crippen molar-refractivity contribution in [1.82, 2.24) is 10.2 Å². The van der Waals surface area contributed by atoms with Crippen molar-refractivity contribution in [3.63, 3.8) is 0 Å². The van der Waals surface area contributed by atoms with Gasteiger partial charge >= 0.3 is 5.97 Å². The maximum Gasteiger partial charge on any atom is 0.356 e. The Balaban J connectivity index is 1.27. The first-order valence-corrected chi connectivity index (χ1v) is 18.5. The lowest BCUT2D eigenvalue weighted by Gasteiger charge is -2.53. The highest BCUT2D eigenvalue weighted by atomic mass is 32.2. The number of nitrogens with two attached hydrogens (primary N) is 1. The van der Waals surface area contributed by atoms with Gasteiger partial charge in [-0.25, -0.2) is 4.79 Å². The zero-order valence-corrected chi connectivity index (χ0v) is 29.1. The first kappa shape index (κ1) is 34.1. The Morgan fingerprint density at radius 1 is 0.765 bits per heavy atom. The highest BCUT2D eigenvalue weighted by Gasteiger charge is 2.57. The van der Waals surface area contributed by atoms with E-state index in [1.54, 1.807) is 22.1 Å². The van der Waals surface area contributed by atoms with E-state index in [-0.39, 0.29) is 11.6 Å². The summed E-state index contributed by atoms with van der Waals surface area (Å²) in [5, 5.41) is 4.96. The number of hydrogen-bond donors (Lipinski definition) is 2. The molecule has 2 aliphatic heterocycles. The fraction of sp³-hybridized carbons (Fsp3) is 0.119. The molecule has 254 valence electrons. The minimum atomic E-state index is -0.883. The number of thioether (sulfide) groups is 2. The molecule has 1 fully saturated rings. The van der Waals surface area contributed by atoms with Gasteiger partial charge in [0.2, 0.25) is 11.8 Å². The second-order valence-electron chi connectivity index (χ2n) is 12.1. The third kappa shape index (κ3) is 6.88. The number of amides is 2. The van der Waals surface area contributed by atoms with Crippen molar-refractivity contribution in [3.8, 4) is 0 Å². The second-order valence-corrected chi connectivity index (χ2v) is 14.2. The van der Waals surface area contributed by atoms with Gasteiger partial charge in [-0.2, -0.15) is 0 Å². The number of carbonyl (C=O) groups is 3. The summed E-state index contributed by atoms with van der Waals surface area (Å²) in [6.07, 6.45) is 0.532. The molecule has 2 aliphatic rings. The van der Waals surface area contributed by atoms with Gasteiger partial charge in [0.15, 0.2) is 6.10 Å². The standard InChI is InChI=1S/C42H35N3O4S2/c43-35(46)26-27-50-34-28-51-40-36(44-42(31-20-10-3-11-21-31,32-22-12-4-13-23-32)33-24-14-5-15-25-33)39(47)45(40)37(34)41(48)49-38(29-16-6-1-7-17-29)30-18-8-2-9-19-30/h1-27,36,38,40,44H,28H2,(H2,43,46)/b27-26-/t36-,40-/m1/s1. The number of nitrogens with zero attached hydrogens (tertiary/aromatic N) is 1. The number of primary amides is 1. The number of carbonyl (C=O) groups excluding carboxylic acids is 3. The Hall–Kier alpha value is -5.35. The van der Waals surface area contributed by atoms with E-state index in [0.717, 1.165) is 27.8 Å². The molecule has 7 nitrogen and oxygen atoms in total. The molecule has 0 unspecified atom stereocenters. The van der Waals surface area contributed by atoms with Crippen molar-refractivity contribution < 1.29 is 19.1 Å². The molecule has 2 amide bonds. The molecule has 7 rings (SSSR count). The topological polar surface area (TPSA) is 102 Å². The molecule has 5 aromatic rings. The molecule has 0 radical (unpaired) electrons. The van der Waals surface area contributed by atoms with Crippen LogP contribution in [-0.2, 0) is 24.7 Å². The summed E-state index contributed by atoms with van der Waals surface area (Å²) < 4.78 is 6.32. The monoisotopic (exact) mass is 709 g/mol. The van der Waals surface area contributed by atoms with Gasteiger partial charge in [0, 0.05) is 16.7 Å². The van der Waals surface area contributed by atoms with Crippen LogP contribution in [-0.4, -0.2) is 39.9 Å². The van der Waals surface area contributed by atoms with Crippen LogP contribution in [0, 0.1) is 0 Å². The van der Waals surface area contributed by atoms with E-state index in [4.69, 9.17) is 10.5 Å². The maximum atomic E-state index is 14.5. The summed E-state index contributed by atoms with van der Waals surface area (Å²) in [6, 6.07) is 48.7. The normalized spacial score (nSPS) is 17.3. The third-order valence-corrected chi connectivity index (χ3v) is 11.3. The number of β-lactam (4-membered cyclic amide) rings is 1. The molecule has 0 spiro atoms. The van der Waals surface area contributed by atoms with Crippen molar-refractivity contribution in [2.45, 2.75) is 23.1 Å². The van der Waals surface area contributed by atoms with Gasteiger partial charge in [0.1, 0.15) is 17.1 Å². The van der Waals surface area contributed by atoms with E-state index < -0.39 is 34.9 Å². The fourth-order valence-electron chi connectivity index (χ4n) is 6.65. The summed E-state index contributed by atoms with van der Waals surface area (Å²) in [7, 11) is 0. The first-order valence-electron chi connectivity index (χ1n) is 16.5. The number of benzene rings is 5. The van der Waals surface area contributed by atoms with Crippen LogP contribution in [0.1, 0.15) is 33.9 Å². The third-order valence-electron chi connectivity index (χ3n) is 8.99. The van der Waals surface area contributed by atoms with Crippen molar-refractivity contribution in [1.29, 1.82) is 0 Å². The Kier molecular flexibility index (Phi) is 10.2. The number of hydrogen-bond acceptors (Lipinski definition) is 7. The molecule has 1 saturated heterocycles. The molecular formula is C42H35N3O4S2. The lowest BCUT2D eigenvalue weighted by molar-refractivity contribution is -0.154. The van der Waals surface area contributed by atoms with Crippen molar-refractivity contribution >= 4 is 41.3 Å². The number of ether oxygens (including phenoxy) is 1. The smallest absolute Gasteiger partial charge is 0.356 e. The van der Waals surface area contributed by atoms with E-state index in [1.165, 1.54) is 17.8 Å². The molecule has 3 N–H and O–H groups in total. The quantitative estimate of drug-likeness (QED) is 0.0616. The Bertz CT molecular complexity index is 1920. The van der Waals surface area contributed by atoms with Crippen LogP contribution in [0.25, 0.3) is 0 Å². The molecule has 2 atom stereocenters. The first-order chi connectivity index (χ1) is 25.0. The van der Waals surface area contributed by atoms with Gasteiger partial charge in [-0.1, -0.05) is 163 Å². The lowest BCUT2D eigenvalue weighted by atomic mass is 9.76. The van der Waals surface area contributed by atoms with Crippen LogP contribution in [0.2, 0.25) is 0 Å². The molecule has 0 aromatic heterocycles. The van der Waals surface area contributed by atoms with E-state index >= 15 is 0 Å². The zero-order chi connectivity index (χ0) is 35.2. The predicted octanol–water partition coefficient (Wildman–Crippen LogP) is 7.13. The van der Waals surface area contributed by atoms with Gasteiger partial charge in [-0.15, -0.1) is 11.8 Å². The van der Waals surface area contributed by atoms with E-state index in [0.29, 0.717) is 10.7 Å². The average Bonchev–Trinajstić information content (AvgIpc) is 3.18. The number of fused-ring (bicyclic) bond motifs is 1. The minimum Gasteiger partial charge on any atom is -0.448 e.